The van der Waals surface area contributed by atoms with Gasteiger partial charge < -0.3 is 15.8 Å². The van der Waals surface area contributed by atoms with Crippen molar-refractivity contribution in [2.75, 3.05) is 7.11 Å². The Morgan fingerprint density at radius 1 is 1.55 bits per heavy atom. The Kier molecular flexibility index (Phi) is 4.70. The van der Waals surface area contributed by atoms with Gasteiger partial charge in [-0.15, -0.1) is 11.3 Å². The van der Waals surface area contributed by atoms with Crippen LogP contribution in [0.5, 0.6) is 5.75 Å². The number of nitrogens with one attached hydrogen (secondary N) is 1. The maximum atomic E-state index is 12.0. The maximum Gasteiger partial charge on any atom is 0.271 e. The predicted octanol–water partition coefficient (Wildman–Crippen LogP) is 2.10. The van der Waals surface area contributed by atoms with Crippen LogP contribution in [-0.4, -0.2) is 18.0 Å². The number of ether oxygens (including phenoxy) is 1. The van der Waals surface area contributed by atoms with Gasteiger partial charge in [-0.2, -0.15) is 0 Å². The molecule has 2 aromatic rings. The van der Waals surface area contributed by atoms with E-state index in [0.29, 0.717) is 12.2 Å². The monoisotopic (exact) mass is 291 g/mol. The van der Waals surface area contributed by atoms with Crippen LogP contribution in [0.3, 0.4) is 0 Å². The van der Waals surface area contributed by atoms with Crippen molar-refractivity contribution in [2.24, 2.45) is 5.73 Å². The van der Waals surface area contributed by atoms with Gasteiger partial charge in [-0.05, 0) is 24.6 Å². The number of benzene rings is 1. The van der Waals surface area contributed by atoms with Crippen LogP contribution in [0.2, 0.25) is 0 Å². The number of thiazole rings is 1. The summed E-state index contributed by atoms with van der Waals surface area (Å²) in [5.41, 5.74) is 7.11. The number of nitrogens with two attached hydrogens (primary N) is 1. The Hall–Kier alpha value is -1.92. The van der Waals surface area contributed by atoms with Crippen LogP contribution in [0.4, 0.5) is 0 Å². The van der Waals surface area contributed by atoms with Crippen LogP contribution in [0.1, 0.15) is 34.0 Å². The second kappa shape index (κ2) is 6.49. The minimum absolute atomic E-state index is 0.153. The molecular weight excluding hydrogens is 274 g/mol. The van der Waals surface area contributed by atoms with Crippen molar-refractivity contribution in [3.05, 3.63) is 45.9 Å². The molecule has 20 heavy (non-hydrogen) atoms. The fraction of sp³-hybridized carbons (Fsp3) is 0.286. The summed E-state index contributed by atoms with van der Waals surface area (Å²) < 4.78 is 5.14. The number of hydrogen-bond donors (Lipinski definition) is 2. The second-order valence-electron chi connectivity index (χ2n) is 4.39. The highest BCUT2D eigenvalue weighted by atomic mass is 32.1. The van der Waals surface area contributed by atoms with Gasteiger partial charge in [-0.25, -0.2) is 4.98 Å². The number of methoxy groups -OCH3 is 1. The molecule has 1 heterocycles. The van der Waals surface area contributed by atoms with Crippen molar-refractivity contribution >= 4 is 17.2 Å². The fourth-order valence-corrected chi connectivity index (χ4v) is 2.41. The van der Waals surface area contributed by atoms with E-state index in [-0.39, 0.29) is 11.9 Å². The van der Waals surface area contributed by atoms with E-state index in [1.807, 2.05) is 31.2 Å². The Balaban J connectivity index is 1.97. The van der Waals surface area contributed by atoms with Crippen molar-refractivity contribution in [1.29, 1.82) is 0 Å². The van der Waals surface area contributed by atoms with Gasteiger partial charge in [0.25, 0.3) is 5.91 Å². The number of aromatic nitrogens is 1. The minimum Gasteiger partial charge on any atom is -0.497 e. The average Bonchev–Trinajstić information content (AvgIpc) is 2.95. The van der Waals surface area contributed by atoms with Crippen LogP contribution in [0, 0.1) is 0 Å². The second-order valence-corrected chi connectivity index (χ2v) is 5.28. The molecule has 1 aromatic carbocycles. The molecule has 0 aliphatic carbocycles. The third-order valence-corrected chi connectivity index (χ3v) is 3.78. The first-order valence-electron chi connectivity index (χ1n) is 6.22. The van der Waals surface area contributed by atoms with Crippen molar-refractivity contribution in [3.8, 4) is 5.75 Å². The lowest BCUT2D eigenvalue weighted by atomic mass is 10.2. The molecule has 0 aliphatic heterocycles. The molecule has 1 unspecified atom stereocenters. The van der Waals surface area contributed by atoms with E-state index in [4.69, 9.17) is 10.5 Å². The molecule has 5 nitrogen and oxygen atoms in total. The van der Waals surface area contributed by atoms with Gasteiger partial charge in [0.2, 0.25) is 0 Å². The molecule has 0 saturated carbocycles. The van der Waals surface area contributed by atoms with Gasteiger partial charge in [0.05, 0.1) is 13.2 Å². The van der Waals surface area contributed by atoms with Crippen molar-refractivity contribution in [1.82, 2.24) is 10.3 Å². The van der Waals surface area contributed by atoms with Crippen molar-refractivity contribution < 1.29 is 9.53 Å². The molecule has 6 heteroatoms. The lowest BCUT2D eigenvalue weighted by Gasteiger charge is -2.05. The number of rotatable bonds is 5. The zero-order valence-electron chi connectivity index (χ0n) is 11.4. The molecule has 0 bridgehead atoms. The standard InChI is InChI=1S/C14H17N3O2S/c1-9(15)14-17-12(8-20-14)13(18)16-7-10-4-3-5-11(6-10)19-2/h3-6,8-9H,7,15H2,1-2H3,(H,16,18). The van der Waals surface area contributed by atoms with Crippen LogP contribution in [-0.2, 0) is 6.54 Å². The first-order valence-corrected chi connectivity index (χ1v) is 7.10. The summed E-state index contributed by atoms with van der Waals surface area (Å²) in [4.78, 5) is 16.2. The zero-order valence-corrected chi connectivity index (χ0v) is 12.2. The molecular formula is C14H17N3O2S. The Morgan fingerprint density at radius 2 is 2.35 bits per heavy atom. The first-order chi connectivity index (χ1) is 9.60. The van der Waals surface area contributed by atoms with E-state index in [2.05, 4.69) is 10.3 Å². The maximum absolute atomic E-state index is 12.0. The number of nitrogens with zero attached hydrogens (tertiary/aromatic N) is 1. The molecule has 0 aliphatic rings. The van der Waals surface area contributed by atoms with E-state index >= 15 is 0 Å². The molecule has 1 atom stereocenters. The SMILES string of the molecule is COc1cccc(CNC(=O)c2csc(C(C)N)n2)c1. The van der Waals surface area contributed by atoms with E-state index < -0.39 is 0 Å². The van der Waals surface area contributed by atoms with Gasteiger partial charge in [-0.1, -0.05) is 12.1 Å². The summed E-state index contributed by atoms with van der Waals surface area (Å²) in [6.07, 6.45) is 0. The van der Waals surface area contributed by atoms with Gasteiger partial charge in [0, 0.05) is 11.9 Å². The molecule has 3 N–H and O–H groups in total. The Morgan fingerprint density at radius 3 is 3.00 bits per heavy atom. The summed E-state index contributed by atoms with van der Waals surface area (Å²) in [5, 5.41) is 5.31. The predicted molar refractivity (Wildman–Crippen MR) is 78.9 cm³/mol. The van der Waals surface area contributed by atoms with Crippen LogP contribution in [0.25, 0.3) is 0 Å². The van der Waals surface area contributed by atoms with Gasteiger partial charge in [-0.3, -0.25) is 4.79 Å². The number of hydrogen-bond acceptors (Lipinski definition) is 5. The Labute approximate surface area is 121 Å². The van der Waals surface area contributed by atoms with E-state index in [1.165, 1.54) is 11.3 Å². The summed E-state index contributed by atoms with van der Waals surface area (Å²) >= 11 is 1.40. The highest BCUT2D eigenvalue weighted by Gasteiger charge is 2.12. The number of carbonyl (C=O) groups is 1. The molecule has 1 amide bonds. The molecule has 0 radical (unpaired) electrons. The third-order valence-electron chi connectivity index (χ3n) is 2.73. The molecule has 106 valence electrons. The number of amides is 1. The van der Waals surface area contributed by atoms with Crippen LogP contribution < -0.4 is 15.8 Å². The molecule has 0 saturated heterocycles. The minimum atomic E-state index is -0.198. The fourth-order valence-electron chi connectivity index (χ4n) is 1.66. The van der Waals surface area contributed by atoms with E-state index in [0.717, 1.165) is 16.3 Å². The van der Waals surface area contributed by atoms with Crippen molar-refractivity contribution in [2.45, 2.75) is 19.5 Å². The third kappa shape index (κ3) is 3.55. The first kappa shape index (κ1) is 14.5. The van der Waals surface area contributed by atoms with Gasteiger partial charge >= 0.3 is 0 Å². The van der Waals surface area contributed by atoms with E-state index in [1.54, 1.807) is 12.5 Å². The summed E-state index contributed by atoms with van der Waals surface area (Å²) in [5.74, 6) is 0.570. The average molecular weight is 291 g/mol. The van der Waals surface area contributed by atoms with Gasteiger partial charge in [0.15, 0.2) is 0 Å². The lowest BCUT2D eigenvalue weighted by Crippen LogP contribution is -2.23. The van der Waals surface area contributed by atoms with Crippen molar-refractivity contribution in [3.63, 3.8) is 0 Å². The largest absolute Gasteiger partial charge is 0.497 e. The number of carbonyl (C=O) groups excluding carboxylic acids is 1. The quantitative estimate of drug-likeness (QED) is 0.884. The molecule has 2 rings (SSSR count). The lowest BCUT2D eigenvalue weighted by molar-refractivity contribution is 0.0946. The topological polar surface area (TPSA) is 77.2 Å². The summed E-state index contributed by atoms with van der Waals surface area (Å²) in [7, 11) is 1.61. The summed E-state index contributed by atoms with van der Waals surface area (Å²) in [6.45, 7) is 2.28. The molecule has 0 spiro atoms. The van der Waals surface area contributed by atoms with Crippen LogP contribution in [0.15, 0.2) is 29.6 Å². The smallest absolute Gasteiger partial charge is 0.271 e. The molecule has 0 fully saturated rings. The normalized spacial score (nSPS) is 11.9. The highest BCUT2D eigenvalue weighted by Crippen LogP contribution is 2.16. The highest BCUT2D eigenvalue weighted by molar-refractivity contribution is 7.09. The van der Waals surface area contributed by atoms with E-state index in [9.17, 15) is 4.79 Å². The molecule has 1 aromatic heterocycles. The summed E-state index contributed by atoms with van der Waals surface area (Å²) in [6, 6.07) is 7.41. The zero-order chi connectivity index (χ0) is 14.5. The van der Waals surface area contributed by atoms with Crippen LogP contribution >= 0.6 is 11.3 Å². The van der Waals surface area contributed by atoms with Gasteiger partial charge in [0.1, 0.15) is 16.5 Å². The Bertz CT molecular complexity index is 596.